The van der Waals surface area contributed by atoms with Gasteiger partial charge >= 0.3 is 0 Å². The molecule has 0 bridgehead atoms. The molecule has 1 saturated heterocycles. The van der Waals surface area contributed by atoms with E-state index in [4.69, 9.17) is 9.84 Å². The number of carbonyl (C=O) groups is 5. The summed E-state index contributed by atoms with van der Waals surface area (Å²) in [7, 11) is 1.86. The van der Waals surface area contributed by atoms with Crippen LogP contribution in [0.1, 0.15) is 55.9 Å². The molecule has 3 aromatic carbocycles. The molecule has 12 nitrogen and oxygen atoms in total. The zero-order valence-electron chi connectivity index (χ0n) is 27.7. The number of hydrogen-bond acceptors (Lipinski definition) is 9. The van der Waals surface area contributed by atoms with Crippen molar-refractivity contribution in [3.63, 3.8) is 0 Å². The van der Waals surface area contributed by atoms with Crippen molar-refractivity contribution >= 4 is 35.1 Å². The monoisotopic (exact) mass is 680 g/mol. The highest BCUT2D eigenvalue weighted by atomic mass is 16.5. The van der Waals surface area contributed by atoms with Crippen molar-refractivity contribution < 1.29 is 28.7 Å². The van der Waals surface area contributed by atoms with Gasteiger partial charge in [-0.3, -0.25) is 39.2 Å². The van der Waals surface area contributed by atoms with E-state index in [0.29, 0.717) is 31.0 Å². The Bertz CT molecular complexity index is 2250. The molecule has 1 aliphatic carbocycles. The van der Waals surface area contributed by atoms with E-state index in [2.05, 4.69) is 16.4 Å². The van der Waals surface area contributed by atoms with Crippen LogP contribution in [0.25, 0.3) is 28.1 Å². The molecule has 0 saturated carbocycles. The molecule has 1 N–H and O–H groups in total. The normalized spacial score (nSPS) is 16.7. The number of Topliss-reactive ketones (excluding diaryl/α,β-unsaturated/α-hetero) is 1. The first-order valence-corrected chi connectivity index (χ1v) is 16.7. The van der Waals surface area contributed by atoms with Crippen molar-refractivity contribution in [3.05, 3.63) is 114 Å². The topological polar surface area (TPSA) is 144 Å². The minimum atomic E-state index is -1.01. The van der Waals surface area contributed by atoms with Crippen molar-refractivity contribution in [1.82, 2.24) is 25.0 Å². The Balaban J connectivity index is 0.940. The fourth-order valence-electron chi connectivity index (χ4n) is 6.88. The van der Waals surface area contributed by atoms with Gasteiger partial charge in [-0.25, -0.2) is 4.68 Å². The number of carbonyl (C=O) groups excluding carboxylic acids is 5. The Kier molecular flexibility index (Phi) is 7.98. The summed E-state index contributed by atoms with van der Waals surface area (Å²) in [6.07, 6.45) is 6.95. The van der Waals surface area contributed by atoms with E-state index in [-0.39, 0.29) is 29.8 Å². The van der Waals surface area contributed by atoms with Gasteiger partial charge in [-0.2, -0.15) is 5.10 Å². The molecular formula is C39H32N6O6. The molecule has 51 heavy (non-hydrogen) atoms. The second kappa shape index (κ2) is 12.8. The molecule has 3 aliphatic rings. The van der Waals surface area contributed by atoms with Gasteiger partial charge in [0.1, 0.15) is 24.1 Å². The first kappa shape index (κ1) is 31.8. The Hall–Kier alpha value is -6.43. The second-order valence-corrected chi connectivity index (χ2v) is 12.8. The molecule has 1 unspecified atom stereocenters. The number of aryl methyl sites for hydroxylation is 1. The lowest BCUT2D eigenvalue weighted by Gasteiger charge is -2.27. The van der Waals surface area contributed by atoms with E-state index < -0.39 is 29.7 Å². The first-order valence-electron chi connectivity index (χ1n) is 16.7. The Labute approximate surface area is 292 Å². The van der Waals surface area contributed by atoms with Gasteiger partial charge in [0.2, 0.25) is 11.8 Å². The van der Waals surface area contributed by atoms with Crippen LogP contribution >= 0.6 is 0 Å². The number of benzene rings is 3. The highest BCUT2D eigenvalue weighted by Gasteiger charge is 2.44. The Morgan fingerprint density at radius 3 is 2.35 bits per heavy atom. The van der Waals surface area contributed by atoms with Crippen LogP contribution in [0, 0.1) is 0 Å². The molecule has 12 heteroatoms. The zero-order chi connectivity index (χ0) is 35.2. The number of ether oxygens (including phenoxy) is 1. The van der Waals surface area contributed by atoms with Gasteiger partial charge in [0.15, 0.2) is 5.78 Å². The molecular weight excluding hydrogens is 648 g/mol. The lowest BCUT2D eigenvalue weighted by Crippen LogP contribution is -2.54. The average Bonchev–Trinajstić information content (AvgIpc) is 3.83. The first-order chi connectivity index (χ1) is 24.7. The number of pyridine rings is 1. The van der Waals surface area contributed by atoms with Crippen LogP contribution in [0.3, 0.4) is 0 Å². The highest BCUT2D eigenvalue weighted by molar-refractivity contribution is 6.23. The van der Waals surface area contributed by atoms with Crippen LogP contribution < -0.4 is 15.0 Å². The average molecular weight is 681 g/mol. The summed E-state index contributed by atoms with van der Waals surface area (Å²) in [4.78, 5) is 69.5. The summed E-state index contributed by atoms with van der Waals surface area (Å²) in [6, 6.07) is 21.5. The predicted octanol–water partition coefficient (Wildman–Crippen LogP) is 4.65. The van der Waals surface area contributed by atoms with Crippen molar-refractivity contribution in [2.75, 3.05) is 25.1 Å². The quantitative estimate of drug-likeness (QED) is 0.220. The maximum Gasteiger partial charge on any atom is 0.262 e. The lowest BCUT2D eigenvalue weighted by atomic mass is 9.98. The summed E-state index contributed by atoms with van der Waals surface area (Å²) < 4.78 is 7.88. The van der Waals surface area contributed by atoms with Crippen molar-refractivity contribution in [2.24, 2.45) is 0 Å². The van der Waals surface area contributed by atoms with Crippen LogP contribution in [0.15, 0.2) is 91.4 Å². The van der Waals surface area contributed by atoms with Crippen LogP contribution in [0.2, 0.25) is 0 Å². The van der Waals surface area contributed by atoms with Gasteiger partial charge in [-0.1, -0.05) is 18.2 Å². The number of nitrogens with one attached hydrogen (secondary N) is 1. The summed E-state index contributed by atoms with van der Waals surface area (Å²) in [5.41, 5.74) is 7.59. The van der Waals surface area contributed by atoms with E-state index in [9.17, 15) is 24.0 Å². The molecule has 8 rings (SSSR count). The van der Waals surface area contributed by atoms with Gasteiger partial charge < -0.3 is 9.64 Å². The number of amides is 4. The number of fused-ring (bicyclic) bond motifs is 2. The molecule has 5 aromatic rings. The van der Waals surface area contributed by atoms with Gasteiger partial charge in [-0.05, 0) is 78.6 Å². The number of rotatable bonds is 9. The van der Waals surface area contributed by atoms with Crippen molar-refractivity contribution in [2.45, 2.75) is 31.7 Å². The smallest absolute Gasteiger partial charge is 0.262 e. The van der Waals surface area contributed by atoms with Gasteiger partial charge in [-0.15, -0.1) is 0 Å². The Morgan fingerprint density at radius 1 is 0.804 bits per heavy atom. The molecule has 1 atom stereocenters. The number of anilines is 1. The van der Waals surface area contributed by atoms with Crippen molar-refractivity contribution in [3.8, 4) is 33.8 Å². The second-order valence-electron chi connectivity index (χ2n) is 12.8. The molecule has 254 valence electrons. The molecule has 1 fully saturated rings. The highest BCUT2D eigenvalue weighted by Crippen LogP contribution is 2.35. The van der Waals surface area contributed by atoms with Gasteiger partial charge in [0.25, 0.3) is 11.8 Å². The SMILES string of the molecule is CN(CCOc1ccc(-n2cc(-c3ccc4c(c3)CCC4=O)c(-c3ccncc3)n2)cc1)c1ccc2c(c1)C(=O)N(C1CCC(=O)NC1=O)C2=O. The third kappa shape index (κ3) is 5.84. The zero-order valence-corrected chi connectivity index (χ0v) is 27.7. The number of ketones is 1. The number of piperidine rings is 1. The third-order valence-electron chi connectivity index (χ3n) is 9.67. The summed E-state index contributed by atoms with van der Waals surface area (Å²) in [6.45, 7) is 0.838. The minimum absolute atomic E-state index is 0.0679. The van der Waals surface area contributed by atoms with E-state index in [0.717, 1.165) is 50.5 Å². The summed E-state index contributed by atoms with van der Waals surface area (Å²) in [5, 5.41) is 7.16. The van der Waals surface area contributed by atoms with Crippen molar-refractivity contribution in [1.29, 1.82) is 0 Å². The maximum absolute atomic E-state index is 13.2. The molecule has 4 amide bonds. The van der Waals surface area contributed by atoms with Crippen LogP contribution in [0.5, 0.6) is 5.75 Å². The maximum atomic E-state index is 13.2. The van der Waals surface area contributed by atoms with Crippen LogP contribution in [-0.4, -0.2) is 75.3 Å². The van der Waals surface area contributed by atoms with Crippen LogP contribution in [0.4, 0.5) is 5.69 Å². The molecule has 0 radical (unpaired) electrons. The number of imide groups is 2. The fraction of sp³-hybridized carbons (Fsp3) is 0.205. The van der Waals surface area contributed by atoms with Gasteiger partial charge in [0, 0.05) is 60.9 Å². The van der Waals surface area contributed by atoms with E-state index >= 15 is 0 Å². The van der Waals surface area contributed by atoms with Crippen LogP contribution in [-0.2, 0) is 16.0 Å². The lowest BCUT2D eigenvalue weighted by molar-refractivity contribution is -0.136. The summed E-state index contributed by atoms with van der Waals surface area (Å²) >= 11 is 0. The number of nitrogens with zero attached hydrogens (tertiary/aromatic N) is 5. The Morgan fingerprint density at radius 2 is 1.57 bits per heavy atom. The standard InChI is InChI=1S/C39H32N6O6/c1-43(27-6-10-30-31(21-27)39(50)45(38(30)49)33-11-13-35(47)41-37(33)48)18-19-51-28-7-4-26(5-8-28)44-22-32(36(42-44)23-14-16-40-17-15-23)25-2-9-29-24(20-25)3-12-34(29)46/h2,4-10,14-17,20-22,33H,3,11-13,18-19H2,1H3,(H,41,47,48). The number of aromatic nitrogens is 3. The predicted molar refractivity (Wildman–Crippen MR) is 187 cm³/mol. The molecule has 2 aromatic heterocycles. The molecule has 0 spiro atoms. The minimum Gasteiger partial charge on any atom is -0.492 e. The summed E-state index contributed by atoms with van der Waals surface area (Å²) in [5.74, 6) is -1.27. The number of likely N-dealkylation sites (N-methyl/N-ethyl adjacent to an activating group) is 1. The number of hydrogen-bond donors (Lipinski definition) is 1. The van der Waals surface area contributed by atoms with Gasteiger partial charge in [0.05, 0.1) is 23.4 Å². The van der Waals surface area contributed by atoms with E-state index in [1.807, 2.05) is 71.4 Å². The van der Waals surface area contributed by atoms with E-state index in [1.54, 1.807) is 30.6 Å². The van der Waals surface area contributed by atoms with E-state index in [1.165, 1.54) is 0 Å². The molecule has 4 heterocycles. The third-order valence-corrected chi connectivity index (χ3v) is 9.67. The largest absolute Gasteiger partial charge is 0.492 e. The molecule has 2 aliphatic heterocycles. The fourth-order valence-corrected chi connectivity index (χ4v) is 6.88.